The molecule has 0 unspecified atom stereocenters. The van der Waals surface area contributed by atoms with E-state index in [9.17, 15) is 4.79 Å². The first-order chi connectivity index (χ1) is 12.3. The van der Waals surface area contributed by atoms with Gasteiger partial charge in [0.25, 0.3) is 0 Å². The molecule has 4 heteroatoms. The van der Waals surface area contributed by atoms with Crippen molar-refractivity contribution in [2.75, 3.05) is 7.11 Å². The Bertz CT molecular complexity index is 1030. The predicted octanol–water partition coefficient (Wildman–Crippen LogP) is 4.19. The Labute approximate surface area is 145 Å². The molecule has 0 spiro atoms. The fraction of sp³-hybridized carbons (Fsp3) is 0.0476. The molecule has 0 amide bonds. The van der Waals surface area contributed by atoms with Crippen LogP contribution in [0.1, 0.15) is 11.1 Å². The summed E-state index contributed by atoms with van der Waals surface area (Å²) < 4.78 is 10.7. The second-order valence-corrected chi connectivity index (χ2v) is 5.60. The van der Waals surface area contributed by atoms with E-state index >= 15 is 0 Å². The van der Waals surface area contributed by atoms with Crippen LogP contribution in [-0.4, -0.2) is 19.0 Å². The number of methoxy groups -OCH3 is 1. The van der Waals surface area contributed by atoms with Crippen LogP contribution in [0.25, 0.3) is 16.8 Å². The van der Waals surface area contributed by atoms with Crippen LogP contribution in [0.3, 0.4) is 0 Å². The molecule has 1 heterocycles. The predicted molar refractivity (Wildman–Crippen MR) is 97.5 cm³/mol. The Kier molecular flexibility index (Phi) is 3.78. The minimum atomic E-state index is -0.464. The average Bonchev–Trinajstić information content (AvgIpc) is 3.02. The Hall–Kier alpha value is -3.40. The first-order valence-electron chi connectivity index (χ1n) is 7.90. The van der Waals surface area contributed by atoms with Gasteiger partial charge in [0.15, 0.2) is 5.70 Å². The number of rotatable bonds is 3. The van der Waals surface area contributed by atoms with Crippen molar-refractivity contribution in [3.8, 4) is 5.75 Å². The second-order valence-electron chi connectivity index (χ2n) is 5.60. The number of fused-ring (bicyclic) bond motifs is 1. The Balaban J connectivity index is 1.79. The molecule has 0 N–H and O–H groups in total. The SMILES string of the molecule is COc1ccccc1C=C1N=C(c2cccc3ccccc23)OC1=O. The van der Waals surface area contributed by atoms with E-state index in [-0.39, 0.29) is 5.70 Å². The standard InChI is InChI=1S/C21H15NO3/c1-24-19-12-5-3-8-15(19)13-18-21(23)25-20(22-18)17-11-6-9-14-7-2-4-10-16(14)17/h2-13H,1H3. The molecule has 25 heavy (non-hydrogen) atoms. The molecule has 0 saturated heterocycles. The zero-order chi connectivity index (χ0) is 17.2. The monoisotopic (exact) mass is 329 g/mol. The third-order valence-electron chi connectivity index (χ3n) is 4.07. The van der Waals surface area contributed by atoms with E-state index in [1.165, 1.54) is 0 Å². The van der Waals surface area contributed by atoms with Crippen LogP contribution in [0, 0.1) is 0 Å². The number of para-hydroxylation sites is 1. The summed E-state index contributed by atoms with van der Waals surface area (Å²) in [7, 11) is 1.59. The molecule has 0 radical (unpaired) electrons. The number of ether oxygens (including phenoxy) is 2. The van der Waals surface area contributed by atoms with Crippen LogP contribution in [0.5, 0.6) is 5.75 Å². The highest BCUT2D eigenvalue weighted by Crippen LogP contribution is 2.26. The number of carbonyl (C=O) groups excluding carboxylic acids is 1. The fourth-order valence-corrected chi connectivity index (χ4v) is 2.87. The zero-order valence-electron chi connectivity index (χ0n) is 13.6. The summed E-state index contributed by atoms with van der Waals surface area (Å²) in [6.45, 7) is 0. The van der Waals surface area contributed by atoms with Crippen molar-refractivity contribution in [3.63, 3.8) is 0 Å². The molecule has 0 saturated carbocycles. The molecule has 4 rings (SSSR count). The number of aliphatic imine (C=N–C) groups is 1. The molecule has 0 aliphatic carbocycles. The number of carbonyl (C=O) groups is 1. The van der Waals surface area contributed by atoms with Gasteiger partial charge in [-0.3, -0.25) is 0 Å². The molecule has 1 aliphatic heterocycles. The van der Waals surface area contributed by atoms with Gasteiger partial charge < -0.3 is 9.47 Å². The van der Waals surface area contributed by atoms with Gasteiger partial charge in [-0.2, -0.15) is 0 Å². The van der Waals surface area contributed by atoms with Crippen molar-refractivity contribution in [1.29, 1.82) is 0 Å². The Morgan fingerprint density at radius 2 is 1.72 bits per heavy atom. The van der Waals surface area contributed by atoms with E-state index < -0.39 is 5.97 Å². The summed E-state index contributed by atoms with van der Waals surface area (Å²) in [5.41, 5.74) is 1.84. The molecule has 3 aromatic carbocycles. The van der Waals surface area contributed by atoms with Gasteiger partial charge >= 0.3 is 5.97 Å². The summed E-state index contributed by atoms with van der Waals surface area (Å²) in [5, 5.41) is 2.07. The lowest BCUT2D eigenvalue weighted by Crippen LogP contribution is -2.05. The molecule has 0 bridgehead atoms. The molecule has 4 nitrogen and oxygen atoms in total. The molecule has 122 valence electrons. The van der Waals surface area contributed by atoms with E-state index in [0.717, 1.165) is 21.9 Å². The number of benzene rings is 3. The maximum atomic E-state index is 12.3. The maximum Gasteiger partial charge on any atom is 0.363 e. The van der Waals surface area contributed by atoms with Gasteiger partial charge in [-0.05, 0) is 29.0 Å². The van der Waals surface area contributed by atoms with Crippen molar-refractivity contribution in [2.24, 2.45) is 4.99 Å². The van der Waals surface area contributed by atoms with Crippen LogP contribution in [0.4, 0.5) is 0 Å². The number of esters is 1. The van der Waals surface area contributed by atoms with Crippen LogP contribution in [-0.2, 0) is 9.53 Å². The highest BCUT2D eigenvalue weighted by molar-refractivity contribution is 6.17. The topological polar surface area (TPSA) is 47.9 Å². The fourth-order valence-electron chi connectivity index (χ4n) is 2.87. The third kappa shape index (κ3) is 2.78. The van der Waals surface area contributed by atoms with Crippen molar-refractivity contribution in [2.45, 2.75) is 0 Å². The Morgan fingerprint density at radius 1 is 0.960 bits per heavy atom. The minimum absolute atomic E-state index is 0.257. The largest absolute Gasteiger partial charge is 0.496 e. The Morgan fingerprint density at radius 3 is 2.60 bits per heavy atom. The van der Waals surface area contributed by atoms with Crippen LogP contribution in [0.2, 0.25) is 0 Å². The first-order valence-corrected chi connectivity index (χ1v) is 7.90. The summed E-state index contributed by atoms with van der Waals surface area (Å²) in [4.78, 5) is 16.7. The van der Waals surface area contributed by atoms with Gasteiger partial charge in [0.05, 0.1) is 7.11 Å². The van der Waals surface area contributed by atoms with Crippen molar-refractivity contribution in [3.05, 3.63) is 83.6 Å². The lowest BCUT2D eigenvalue weighted by Gasteiger charge is -2.04. The van der Waals surface area contributed by atoms with Gasteiger partial charge in [-0.25, -0.2) is 9.79 Å². The van der Waals surface area contributed by atoms with Crippen LogP contribution < -0.4 is 4.74 Å². The van der Waals surface area contributed by atoms with Crippen LogP contribution >= 0.6 is 0 Å². The van der Waals surface area contributed by atoms with E-state index in [1.807, 2.05) is 66.7 Å². The molecule has 0 aromatic heterocycles. The van der Waals surface area contributed by atoms with Gasteiger partial charge in [0.1, 0.15) is 5.75 Å². The zero-order valence-corrected chi connectivity index (χ0v) is 13.6. The lowest BCUT2D eigenvalue weighted by atomic mass is 10.0. The van der Waals surface area contributed by atoms with Crippen molar-refractivity contribution in [1.82, 2.24) is 0 Å². The minimum Gasteiger partial charge on any atom is -0.496 e. The first kappa shape index (κ1) is 15.1. The molecule has 0 fully saturated rings. The summed E-state index contributed by atoms with van der Waals surface area (Å²) in [5.74, 6) is 0.536. The highest BCUT2D eigenvalue weighted by atomic mass is 16.6. The maximum absolute atomic E-state index is 12.3. The van der Waals surface area contributed by atoms with Gasteiger partial charge in [-0.1, -0.05) is 54.6 Å². The molecule has 0 atom stereocenters. The second kappa shape index (κ2) is 6.24. The number of nitrogens with zero attached hydrogens (tertiary/aromatic N) is 1. The lowest BCUT2D eigenvalue weighted by molar-refractivity contribution is -0.129. The molecule has 3 aromatic rings. The average molecular weight is 329 g/mol. The summed E-state index contributed by atoms with van der Waals surface area (Å²) >= 11 is 0. The smallest absolute Gasteiger partial charge is 0.363 e. The van der Waals surface area contributed by atoms with E-state index in [1.54, 1.807) is 13.2 Å². The van der Waals surface area contributed by atoms with Gasteiger partial charge in [0, 0.05) is 11.1 Å². The van der Waals surface area contributed by atoms with Crippen molar-refractivity contribution < 1.29 is 14.3 Å². The number of hydrogen-bond donors (Lipinski definition) is 0. The quantitative estimate of drug-likeness (QED) is 0.535. The third-order valence-corrected chi connectivity index (χ3v) is 4.07. The van der Waals surface area contributed by atoms with Gasteiger partial charge in [0.2, 0.25) is 5.90 Å². The van der Waals surface area contributed by atoms with E-state index in [2.05, 4.69) is 4.99 Å². The number of hydrogen-bond acceptors (Lipinski definition) is 4. The normalized spacial score (nSPS) is 15.3. The van der Waals surface area contributed by atoms with E-state index in [4.69, 9.17) is 9.47 Å². The van der Waals surface area contributed by atoms with E-state index in [0.29, 0.717) is 11.6 Å². The molecular formula is C21H15NO3. The number of cyclic esters (lactones) is 1. The molecular weight excluding hydrogens is 314 g/mol. The van der Waals surface area contributed by atoms with Crippen LogP contribution in [0.15, 0.2) is 77.4 Å². The molecule has 1 aliphatic rings. The van der Waals surface area contributed by atoms with Crippen molar-refractivity contribution >= 4 is 28.7 Å². The van der Waals surface area contributed by atoms with Gasteiger partial charge in [-0.15, -0.1) is 0 Å². The summed E-state index contributed by atoms with van der Waals surface area (Å²) in [6, 6.07) is 21.2. The highest BCUT2D eigenvalue weighted by Gasteiger charge is 2.25. The summed E-state index contributed by atoms with van der Waals surface area (Å²) in [6.07, 6.45) is 1.68.